The maximum atomic E-state index is 13.1. The second-order valence-corrected chi connectivity index (χ2v) is 11.3. The van der Waals surface area contributed by atoms with Crippen LogP contribution >= 0.6 is 0 Å². The van der Waals surface area contributed by atoms with E-state index in [2.05, 4.69) is 4.98 Å². The molecule has 11 nitrogen and oxygen atoms in total. The molecule has 1 aliphatic heterocycles. The highest BCUT2D eigenvalue weighted by atomic mass is 16.6. The molecule has 0 atom stereocenters. The number of hydrogen-bond acceptors (Lipinski definition) is 8. The number of piperazine rings is 1. The maximum Gasteiger partial charge on any atom is 0.420 e. The summed E-state index contributed by atoms with van der Waals surface area (Å²) in [6, 6.07) is 21.5. The van der Waals surface area contributed by atoms with E-state index in [-0.39, 0.29) is 25.2 Å². The number of carbonyl (C=O) groups is 3. The molecular weight excluding hydrogens is 564 g/mol. The van der Waals surface area contributed by atoms with Gasteiger partial charge in [0, 0.05) is 37.8 Å². The number of hydrogen-bond donors (Lipinski definition) is 0. The quantitative estimate of drug-likeness (QED) is 0.273. The Morgan fingerprint density at radius 2 is 1.45 bits per heavy atom. The minimum absolute atomic E-state index is 0.00807. The lowest BCUT2D eigenvalue weighted by molar-refractivity contribution is 0.0532. The Morgan fingerprint density at radius 1 is 0.795 bits per heavy atom. The Bertz CT molecular complexity index is 1620. The van der Waals surface area contributed by atoms with E-state index in [0.717, 1.165) is 5.56 Å². The van der Waals surface area contributed by atoms with Crippen molar-refractivity contribution in [1.29, 1.82) is 0 Å². The largest absolute Gasteiger partial charge is 0.497 e. The number of carbonyl (C=O) groups excluding carboxylic acids is 3. The third-order valence-corrected chi connectivity index (χ3v) is 7.01. The first-order chi connectivity index (χ1) is 21.1. The number of ether oxygens (including phenoxy) is 4. The van der Waals surface area contributed by atoms with E-state index in [1.165, 1.54) is 4.57 Å². The minimum atomic E-state index is -0.695. The molecule has 2 amide bonds. The molecule has 0 spiro atoms. The highest BCUT2D eigenvalue weighted by Crippen LogP contribution is 2.25. The lowest BCUT2D eigenvalue weighted by Crippen LogP contribution is -2.50. The van der Waals surface area contributed by atoms with E-state index in [0.29, 0.717) is 60.1 Å². The summed E-state index contributed by atoms with van der Waals surface area (Å²) >= 11 is 0. The average molecular weight is 601 g/mol. The van der Waals surface area contributed by atoms with Crippen molar-refractivity contribution < 1.29 is 33.3 Å². The molecule has 0 saturated carbocycles. The molecule has 2 heterocycles. The van der Waals surface area contributed by atoms with Crippen molar-refractivity contribution in [3.8, 4) is 11.5 Å². The molecule has 0 aliphatic carbocycles. The third kappa shape index (κ3) is 7.28. The Morgan fingerprint density at radius 3 is 2.11 bits per heavy atom. The summed E-state index contributed by atoms with van der Waals surface area (Å²) in [5.74, 6) is 1.36. The smallest absolute Gasteiger partial charge is 0.420 e. The predicted octanol–water partition coefficient (Wildman–Crippen LogP) is 5.50. The van der Waals surface area contributed by atoms with Crippen molar-refractivity contribution in [1.82, 2.24) is 19.4 Å². The molecule has 0 unspecified atom stereocenters. The summed E-state index contributed by atoms with van der Waals surface area (Å²) in [6.07, 6.45) is -0.948. The summed E-state index contributed by atoms with van der Waals surface area (Å²) in [5.41, 5.74) is 1.87. The molecule has 1 aromatic heterocycles. The second kappa shape index (κ2) is 13.1. The van der Waals surface area contributed by atoms with Crippen LogP contribution in [0.3, 0.4) is 0 Å². The lowest BCUT2D eigenvalue weighted by atomic mass is 10.1. The molecule has 0 N–H and O–H groups in total. The summed E-state index contributed by atoms with van der Waals surface area (Å²) < 4.78 is 23.7. The first-order valence-corrected chi connectivity index (χ1v) is 14.4. The van der Waals surface area contributed by atoms with E-state index in [1.807, 2.05) is 30.3 Å². The predicted molar refractivity (Wildman–Crippen MR) is 163 cm³/mol. The van der Waals surface area contributed by atoms with Crippen molar-refractivity contribution in [2.75, 3.05) is 33.3 Å². The van der Waals surface area contributed by atoms with Gasteiger partial charge >= 0.3 is 12.2 Å². The Labute approximate surface area is 255 Å². The zero-order valence-electron chi connectivity index (χ0n) is 25.3. The van der Waals surface area contributed by atoms with E-state index in [4.69, 9.17) is 18.9 Å². The van der Waals surface area contributed by atoms with Crippen LogP contribution in [0.1, 0.15) is 42.5 Å². The molecule has 44 heavy (non-hydrogen) atoms. The van der Waals surface area contributed by atoms with Crippen LogP contribution in [0.2, 0.25) is 0 Å². The number of nitrogens with zero attached hydrogens (tertiary/aromatic N) is 4. The third-order valence-electron chi connectivity index (χ3n) is 7.01. The molecule has 1 fully saturated rings. The van der Waals surface area contributed by atoms with E-state index in [1.54, 1.807) is 80.1 Å². The molecule has 0 bridgehead atoms. The van der Waals surface area contributed by atoms with Gasteiger partial charge in [0.05, 0.1) is 18.1 Å². The summed E-state index contributed by atoms with van der Waals surface area (Å²) in [7, 11) is 1.56. The van der Waals surface area contributed by atoms with Crippen molar-refractivity contribution in [3.05, 3.63) is 89.7 Å². The molecule has 1 aliphatic rings. The number of aromatic nitrogens is 2. The molecule has 4 aromatic rings. The Balaban J connectivity index is 1.18. The van der Waals surface area contributed by atoms with Gasteiger partial charge in [-0.25, -0.2) is 19.1 Å². The summed E-state index contributed by atoms with van der Waals surface area (Å²) in [5, 5.41) is 0. The van der Waals surface area contributed by atoms with Crippen LogP contribution in [0, 0.1) is 0 Å². The lowest BCUT2D eigenvalue weighted by Gasteiger charge is -2.34. The van der Waals surface area contributed by atoms with E-state index >= 15 is 0 Å². The molecule has 230 valence electrons. The first kappa shape index (κ1) is 30.4. The van der Waals surface area contributed by atoms with Crippen molar-refractivity contribution >= 4 is 29.1 Å². The van der Waals surface area contributed by atoms with Crippen LogP contribution in [0.15, 0.2) is 72.8 Å². The number of rotatable bonds is 7. The van der Waals surface area contributed by atoms with Gasteiger partial charge in [0.1, 0.15) is 30.3 Å². The van der Waals surface area contributed by atoms with Crippen molar-refractivity contribution in [3.63, 3.8) is 0 Å². The zero-order valence-corrected chi connectivity index (χ0v) is 25.3. The van der Waals surface area contributed by atoms with Crippen LogP contribution in [-0.4, -0.2) is 76.3 Å². The van der Waals surface area contributed by atoms with Crippen LogP contribution < -0.4 is 9.47 Å². The van der Waals surface area contributed by atoms with E-state index < -0.39 is 11.7 Å². The van der Waals surface area contributed by atoms with Gasteiger partial charge in [0.2, 0.25) is 0 Å². The van der Waals surface area contributed by atoms with Gasteiger partial charge < -0.3 is 28.7 Å². The molecular formula is C33H36N4O7. The number of fused-ring (bicyclic) bond motifs is 1. The molecule has 11 heteroatoms. The van der Waals surface area contributed by atoms with Gasteiger partial charge in [0.25, 0.3) is 5.91 Å². The molecule has 0 radical (unpaired) electrons. The standard InChI is InChI=1S/C33H36N4O7/c1-33(2,3)44-32(40)37-28-15-14-26(41-4)20-27(28)34-29(37)22-42-25-12-10-24(11-13-25)30(38)35-16-18-36(19-17-35)31(39)43-21-23-8-6-5-7-9-23/h5-15,20H,16-19,21-22H2,1-4H3. The fourth-order valence-electron chi connectivity index (χ4n) is 4.77. The normalized spacial score (nSPS) is 13.5. The van der Waals surface area contributed by atoms with Crippen LogP contribution in [0.5, 0.6) is 11.5 Å². The average Bonchev–Trinajstić information content (AvgIpc) is 3.40. The number of amides is 2. The fourth-order valence-corrected chi connectivity index (χ4v) is 4.77. The van der Waals surface area contributed by atoms with Gasteiger partial charge in [0.15, 0.2) is 5.82 Å². The Hall–Kier alpha value is -5.06. The van der Waals surface area contributed by atoms with Gasteiger partial charge in [-0.1, -0.05) is 30.3 Å². The monoisotopic (exact) mass is 600 g/mol. The van der Waals surface area contributed by atoms with Crippen molar-refractivity contribution in [2.24, 2.45) is 0 Å². The highest BCUT2D eigenvalue weighted by Gasteiger charge is 2.26. The van der Waals surface area contributed by atoms with Crippen molar-refractivity contribution in [2.45, 2.75) is 39.6 Å². The minimum Gasteiger partial charge on any atom is -0.497 e. The van der Waals surface area contributed by atoms with E-state index in [9.17, 15) is 14.4 Å². The maximum absolute atomic E-state index is 13.1. The SMILES string of the molecule is COc1ccc2c(c1)nc(COc1ccc(C(=O)N3CCN(C(=O)OCc4ccccc4)CC3)cc1)n2C(=O)OC(C)(C)C. The number of methoxy groups -OCH3 is 1. The first-order valence-electron chi connectivity index (χ1n) is 14.4. The van der Waals surface area contributed by atoms with Gasteiger partial charge in [-0.15, -0.1) is 0 Å². The fraction of sp³-hybridized carbons (Fsp3) is 0.333. The Kier molecular flexibility index (Phi) is 9.03. The summed E-state index contributed by atoms with van der Waals surface area (Å²) in [6.45, 7) is 7.20. The number of benzene rings is 3. The molecule has 1 saturated heterocycles. The van der Waals surface area contributed by atoms with Crippen LogP contribution in [0.4, 0.5) is 9.59 Å². The number of imidazole rings is 1. The van der Waals surface area contributed by atoms with Crippen LogP contribution in [0.25, 0.3) is 11.0 Å². The topological polar surface area (TPSA) is 112 Å². The van der Waals surface area contributed by atoms with Gasteiger partial charge in [-0.3, -0.25) is 4.79 Å². The molecule has 3 aromatic carbocycles. The molecule has 5 rings (SSSR count). The van der Waals surface area contributed by atoms with Gasteiger partial charge in [-0.2, -0.15) is 0 Å². The zero-order chi connectivity index (χ0) is 31.3. The highest BCUT2D eigenvalue weighted by molar-refractivity contribution is 5.94. The second-order valence-electron chi connectivity index (χ2n) is 11.3. The summed E-state index contributed by atoms with van der Waals surface area (Å²) in [4.78, 5) is 46.6. The van der Waals surface area contributed by atoms with Crippen LogP contribution in [-0.2, 0) is 22.7 Å². The van der Waals surface area contributed by atoms with Gasteiger partial charge in [-0.05, 0) is 62.7 Å².